The van der Waals surface area contributed by atoms with Gasteiger partial charge in [-0.1, -0.05) is 12.1 Å². The van der Waals surface area contributed by atoms with Gasteiger partial charge in [0, 0.05) is 11.6 Å². The third-order valence-corrected chi connectivity index (χ3v) is 5.35. The van der Waals surface area contributed by atoms with Crippen LogP contribution in [0.2, 0.25) is 0 Å². The topological polar surface area (TPSA) is 110 Å². The van der Waals surface area contributed by atoms with Crippen molar-refractivity contribution in [3.05, 3.63) is 64.6 Å². The number of benzene rings is 1. The van der Waals surface area contributed by atoms with Crippen molar-refractivity contribution in [3.63, 3.8) is 0 Å². The van der Waals surface area contributed by atoms with Gasteiger partial charge in [-0.3, -0.25) is 14.3 Å². The van der Waals surface area contributed by atoms with Crippen LogP contribution in [0.1, 0.15) is 55.7 Å². The van der Waals surface area contributed by atoms with Gasteiger partial charge in [0.25, 0.3) is 11.5 Å². The number of nitrogens with zero attached hydrogens (tertiary/aromatic N) is 5. The fourth-order valence-electron chi connectivity index (χ4n) is 3.70. The summed E-state index contributed by atoms with van der Waals surface area (Å²) in [5, 5.41) is 12.3. The Labute approximate surface area is 178 Å². The Hall–Kier alpha value is -3.75. The van der Waals surface area contributed by atoms with Crippen LogP contribution >= 0.6 is 0 Å². The normalized spacial score (nSPS) is 14.2. The van der Waals surface area contributed by atoms with E-state index in [1.807, 2.05) is 28.9 Å². The summed E-state index contributed by atoms with van der Waals surface area (Å²) in [7, 11) is 0. The van der Waals surface area contributed by atoms with E-state index >= 15 is 0 Å². The molecule has 1 aliphatic rings. The van der Waals surface area contributed by atoms with Crippen molar-refractivity contribution < 1.29 is 4.79 Å². The molecule has 0 unspecified atom stereocenters. The molecule has 1 amide bonds. The predicted molar refractivity (Wildman–Crippen MR) is 117 cm³/mol. The predicted octanol–water partition coefficient (Wildman–Crippen LogP) is 3.19. The van der Waals surface area contributed by atoms with Gasteiger partial charge in [0.15, 0.2) is 11.3 Å². The summed E-state index contributed by atoms with van der Waals surface area (Å²) in [5.74, 6) is 0.180. The molecule has 158 valence electrons. The molecule has 3 aromatic heterocycles. The molecule has 2 N–H and O–H groups in total. The summed E-state index contributed by atoms with van der Waals surface area (Å²) in [6.07, 6.45) is 5.06. The van der Waals surface area contributed by atoms with Gasteiger partial charge >= 0.3 is 0 Å². The number of hydrogen-bond acceptors (Lipinski definition) is 5. The summed E-state index contributed by atoms with van der Waals surface area (Å²) < 4.78 is 3.51. The number of anilines is 1. The molecule has 31 heavy (non-hydrogen) atoms. The summed E-state index contributed by atoms with van der Waals surface area (Å²) in [4.78, 5) is 31.9. The average molecular weight is 417 g/mol. The SMILES string of the molecule is CC(C)(C)n1nc(C(=O)Nc2ccccc2-n2ncc3c(=O)[nH]cnc32)cc1C1CC1. The standard InChI is InChI=1S/C22H23N7O2/c1-22(2,3)29-18(13-8-9-13)10-16(27-29)21(31)26-15-6-4-5-7-17(15)28-19-14(11-25-28)20(30)24-12-23-19/h4-7,10-13H,8-9H2,1-3H3,(H,26,31)(H,23,24,30). The Morgan fingerprint density at radius 3 is 2.74 bits per heavy atom. The highest BCUT2D eigenvalue weighted by Crippen LogP contribution is 2.41. The Bertz CT molecular complexity index is 1350. The molecule has 9 nitrogen and oxygen atoms in total. The van der Waals surface area contributed by atoms with Gasteiger partial charge in [-0.15, -0.1) is 0 Å². The van der Waals surface area contributed by atoms with E-state index < -0.39 is 0 Å². The number of fused-ring (bicyclic) bond motifs is 1. The first-order valence-electron chi connectivity index (χ1n) is 10.3. The molecule has 1 aromatic carbocycles. The number of carbonyl (C=O) groups is 1. The number of rotatable bonds is 4. The van der Waals surface area contributed by atoms with Crippen molar-refractivity contribution in [1.29, 1.82) is 0 Å². The molecular formula is C22H23N7O2. The minimum absolute atomic E-state index is 0.207. The van der Waals surface area contributed by atoms with Crippen molar-refractivity contribution in [2.24, 2.45) is 0 Å². The molecule has 5 rings (SSSR count). The molecule has 0 spiro atoms. The number of aromatic nitrogens is 6. The van der Waals surface area contributed by atoms with E-state index in [0.717, 1.165) is 18.5 Å². The second-order valence-corrected chi connectivity index (χ2v) is 8.81. The van der Waals surface area contributed by atoms with E-state index in [9.17, 15) is 9.59 Å². The van der Waals surface area contributed by atoms with Crippen LogP contribution < -0.4 is 10.9 Å². The monoisotopic (exact) mass is 417 g/mol. The summed E-state index contributed by atoms with van der Waals surface area (Å²) >= 11 is 0. The molecule has 4 aromatic rings. The second kappa shape index (κ2) is 6.90. The van der Waals surface area contributed by atoms with E-state index in [2.05, 4.69) is 46.3 Å². The van der Waals surface area contributed by atoms with Crippen molar-refractivity contribution in [3.8, 4) is 5.69 Å². The molecule has 0 bridgehead atoms. The number of hydrogen-bond donors (Lipinski definition) is 2. The van der Waals surface area contributed by atoms with Crippen LogP contribution in [-0.2, 0) is 5.54 Å². The Balaban J connectivity index is 1.51. The molecule has 1 saturated carbocycles. The largest absolute Gasteiger partial charge is 0.319 e. The van der Waals surface area contributed by atoms with Crippen molar-refractivity contribution in [2.45, 2.75) is 45.1 Å². The first-order chi connectivity index (χ1) is 14.8. The fourth-order valence-corrected chi connectivity index (χ4v) is 3.70. The van der Waals surface area contributed by atoms with E-state index in [0.29, 0.717) is 34.0 Å². The van der Waals surface area contributed by atoms with Crippen molar-refractivity contribution in [2.75, 3.05) is 5.32 Å². The van der Waals surface area contributed by atoms with Crippen molar-refractivity contribution in [1.82, 2.24) is 29.5 Å². The molecule has 0 radical (unpaired) electrons. The highest BCUT2D eigenvalue weighted by atomic mass is 16.2. The quantitative estimate of drug-likeness (QED) is 0.530. The van der Waals surface area contributed by atoms with Crippen LogP contribution in [0.25, 0.3) is 16.7 Å². The zero-order valence-electron chi connectivity index (χ0n) is 17.6. The lowest BCUT2D eigenvalue weighted by Crippen LogP contribution is -2.26. The van der Waals surface area contributed by atoms with E-state index in [1.165, 1.54) is 12.5 Å². The van der Waals surface area contributed by atoms with Gasteiger partial charge < -0.3 is 10.3 Å². The van der Waals surface area contributed by atoms with Gasteiger partial charge in [0.05, 0.1) is 29.4 Å². The molecule has 0 saturated heterocycles. The molecule has 9 heteroatoms. The first-order valence-corrected chi connectivity index (χ1v) is 10.3. The number of para-hydroxylation sites is 2. The second-order valence-electron chi connectivity index (χ2n) is 8.81. The zero-order chi connectivity index (χ0) is 21.8. The highest BCUT2D eigenvalue weighted by Gasteiger charge is 2.32. The maximum Gasteiger partial charge on any atom is 0.276 e. The van der Waals surface area contributed by atoms with Crippen LogP contribution in [0.15, 0.2) is 47.7 Å². The lowest BCUT2D eigenvalue weighted by Gasteiger charge is -2.22. The number of aromatic amines is 1. The smallest absolute Gasteiger partial charge is 0.276 e. The average Bonchev–Trinajstić information content (AvgIpc) is 3.31. The van der Waals surface area contributed by atoms with Gasteiger partial charge in [-0.25, -0.2) is 9.67 Å². The summed E-state index contributed by atoms with van der Waals surface area (Å²) in [6, 6.07) is 9.16. The van der Waals surface area contributed by atoms with Gasteiger partial charge in [0.2, 0.25) is 0 Å². The maximum atomic E-state index is 13.1. The van der Waals surface area contributed by atoms with Gasteiger partial charge in [0.1, 0.15) is 5.39 Å². The Morgan fingerprint density at radius 2 is 2.00 bits per heavy atom. The van der Waals surface area contributed by atoms with Gasteiger partial charge in [-0.05, 0) is 51.8 Å². The lowest BCUT2D eigenvalue weighted by molar-refractivity contribution is 0.102. The summed E-state index contributed by atoms with van der Waals surface area (Å²) in [6.45, 7) is 6.25. The molecular weight excluding hydrogens is 394 g/mol. The number of carbonyl (C=O) groups excluding carboxylic acids is 1. The van der Waals surface area contributed by atoms with Crippen LogP contribution in [0.5, 0.6) is 0 Å². The fraction of sp³-hybridized carbons (Fsp3) is 0.318. The van der Waals surface area contributed by atoms with Crippen LogP contribution in [0.3, 0.4) is 0 Å². The Morgan fingerprint density at radius 1 is 1.23 bits per heavy atom. The number of nitrogens with one attached hydrogen (secondary N) is 2. The van der Waals surface area contributed by atoms with Gasteiger partial charge in [-0.2, -0.15) is 10.2 Å². The first kappa shape index (κ1) is 19.2. The minimum atomic E-state index is -0.292. The highest BCUT2D eigenvalue weighted by molar-refractivity contribution is 6.04. The molecule has 0 aliphatic heterocycles. The van der Waals surface area contributed by atoms with E-state index in [1.54, 1.807) is 10.7 Å². The third kappa shape index (κ3) is 3.41. The third-order valence-electron chi connectivity index (χ3n) is 5.35. The molecule has 1 aliphatic carbocycles. The zero-order valence-corrected chi connectivity index (χ0v) is 17.6. The molecule has 3 heterocycles. The van der Waals surface area contributed by atoms with E-state index in [4.69, 9.17) is 0 Å². The van der Waals surface area contributed by atoms with Crippen LogP contribution in [0, 0.1) is 0 Å². The van der Waals surface area contributed by atoms with Crippen LogP contribution in [0.4, 0.5) is 5.69 Å². The maximum absolute atomic E-state index is 13.1. The summed E-state index contributed by atoms with van der Waals surface area (Å²) in [5.41, 5.74) is 2.59. The van der Waals surface area contributed by atoms with E-state index in [-0.39, 0.29) is 17.0 Å². The Kier molecular flexibility index (Phi) is 4.28. The molecule has 1 fully saturated rings. The lowest BCUT2D eigenvalue weighted by atomic mass is 10.1. The van der Waals surface area contributed by atoms with Crippen LogP contribution in [-0.4, -0.2) is 35.4 Å². The number of amides is 1. The number of H-pyrrole nitrogens is 1. The molecule has 0 atom stereocenters. The minimum Gasteiger partial charge on any atom is -0.319 e. The van der Waals surface area contributed by atoms with Crippen molar-refractivity contribution >= 4 is 22.6 Å².